The molecule has 3 rings (SSSR count). The molecule has 0 radical (unpaired) electrons. The minimum absolute atomic E-state index is 0.301. The molecule has 3 unspecified atom stereocenters. The summed E-state index contributed by atoms with van der Waals surface area (Å²) in [6.45, 7) is 2.28. The van der Waals surface area contributed by atoms with Crippen LogP contribution in [0.3, 0.4) is 0 Å². The van der Waals surface area contributed by atoms with Crippen molar-refractivity contribution in [3.8, 4) is 11.1 Å². The Kier molecular flexibility index (Phi) is 3.88. The number of rotatable bonds is 3. The van der Waals surface area contributed by atoms with Gasteiger partial charge in [-0.15, -0.1) is 0 Å². The van der Waals surface area contributed by atoms with Crippen molar-refractivity contribution in [2.24, 2.45) is 11.8 Å². The van der Waals surface area contributed by atoms with E-state index in [9.17, 15) is 5.11 Å². The van der Waals surface area contributed by atoms with Gasteiger partial charge < -0.3 is 5.11 Å². The van der Waals surface area contributed by atoms with Gasteiger partial charge in [-0.2, -0.15) is 0 Å². The van der Waals surface area contributed by atoms with Crippen LogP contribution in [0.25, 0.3) is 11.1 Å². The summed E-state index contributed by atoms with van der Waals surface area (Å²) in [5.41, 5.74) is 3.49. The highest BCUT2D eigenvalue weighted by Gasteiger charge is 2.28. The predicted molar refractivity (Wildman–Crippen MR) is 83.3 cm³/mol. The number of aliphatic hydroxyl groups excluding tert-OH is 1. The van der Waals surface area contributed by atoms with Crippen molar-refractivity contribution in [2.75, 3.05) is 0 Å². The van der Waals surface area contributed by atoms with Crippen LogP contribution < -0.4 is 0 Å². The lowest BCUT2D eigenvalue weighted by Gasteiger charge is -2.18. The van der Waals surface area contributed by atoms with Crippen LogP contribution in [-0.2, 0) is 0 Å². The Labute approximate surface area is 121 Å². The van der Waals surface area contributed by atoms with Gasteiger partial charge in [-0.05, 0) is 41.4 Å². The minimum atomic E-state index is -0.301. The van der Waals surface area contributed by atoms with E-state index in [0.717, 1.165) is 24.3 Å². The summed E-state index contributed by atoms with van der Waals surface area (Å²) in [5.74, 6) is 1.20. The summed E-state index contributed by atoms with van der Waals surface area (Å²) in [5, 5.41) is 10.5. The Balaban J connectivity index is 1.76. The first-order chi connectivity index (χ1) is 9.74. The lowest BCUT2D eigenvalue weighted by atomic mass is 9.92. The molecule has 0 aromatic heterocycles. The Morgan fingerprint density at radius 2 is 1.55 bits per heavy atom. The normalized spacial score (nSPS) is 23.7. The molecular formula is C19H22O. The van der Waals surface area contributed by atoms with Gasteiger partial charge in [-0.3, -0.25) is 0 Å². The van der Waals surface area contributed by atoms with Crippen LogP contribution in [0, 0.1) is 11.8 Å². The lowest BCUT2D eigenvalue weighted by molar-refractivity contribution is 0.109. The van der Waals surface area contributed by atoms with E-state index in [1.165, 1.54) is 17.5 Å². The monoisotopic (exact) mass is 266 g/mol. The molecule has 0 spiro atoms. The van der Waals surface area contributed by atoms with Gasteiger partial charge >= 0.3 is 0 Å². The molecule has 1 N–H and O–H groups in total. The second kappa shape index (κ2) is 5.80. The van der Waals surface area contributed by atoms with Crippen molar-refractivity contribution < 1.29 is 5.11 Å². The number of aliphatic hydroxyl groups is 1. The van der Waals surface area contributed by atoms with Crippen LogP contribution >= 0.6 is 0 Å². The van der Waals surface area contributed by atoms with Gasteiger partial charge in [0.1, 0.15) is 0 Å². The maximum Gasteiger partial charge on any atom is 0.0818 e. The Morgan fingerprint density at radius 1 is 0.900 bits per heavy atom. The fraction of sp³-hybridized carbons (Fsp3) is 0.368. The van der Waals surface area contributed by atoms with Crippen molar-refractivity contribution in [2.45, 2.75) is 32.3 Å². The zero-order valence-corrected chi connectivity index (χ0v) is 12.0. The molecule has 1 fully saturated rings. The fourth-order valence-electron chi connectivity index (χ4n) is 3.31. The molecular weight excluding hydrogens is 244 g/mol. The molecule has 0 aliphatic heterocycles. The molecule has 104 valence electrons. The summed E-state index contributed by atoms with van der Waals surface area (Å²) in [7, 11) is 0. The average molecular weight is 266 g/mol. The van der Waals surface area contributed by atoms with Crippen LogP contribution in [0.15, 0.2) is 54.6 Å². The zero-order chi connectivity index (χ0) is 13.9. The average Bonchev–Trinajstić information content (AvgIpc) is 2.94. The molecule has 1 heteroatoms. The van der Waals surface area contributed by atoms with E-state index >= 15 is 0 Å². The van der Waals surface area contributed by atoms with E-state index in [1.54, 1.807) is 0 Å². The maximum absolute atomic E-state index is 10.5. The molecule has 2 aromatic carbocycles. The van der Waals surface area contributed by atoms with Crippen molar-refractivity contribution in [3.63, 3.8) is 0 Å². The smallest absolute Gasteiger partial charge is 0.0818 e. The standard InChI is InChI=1S/C19H22O/c1-14-7-8-18(13-14)19(20)17-11-9-16(10-12-17)15-5-3-2-4-6-15/h2-6,9-12,14,18-20H,7-8,13H2,1H3. The predicted octanol–water partition coefficient (Wildman–Crippen LogP) is 4.82. The topological polar surface area (TPSA) is 20.2 Å². The maximum atomic E-state index is 10.5. The molecule has 1 aliphatic rings. The molecule has 0 saturated heterocycles. The molecule has 3 atom stereocenters. The third-order valence-electron chi connectivity index (χ3n) is 4.54. The summed E-state index contributed by atoms with van der Waals surface area (Å²) < 4.78 is 0. The molecule has 0 amide bonds. The first kappa shape index (κ1) is 13.4. The first-order valence-electron chi connectivity index (χ1n) is 7.57. The van der Waals surface area contributed by atoms with Crippen molar-refractivity contribution in [1.29, 1.82) is 0 Å². The second-order valence-electron chi connectivity index (χ2n) is 6.11. The third kappa shape index (κ3) is 2.78. The summed E-state index contributed by atoms with van der Waals surface area (Å²) >= 11 is 0. The van der Waals surface area contributed by atoms with Crippen LogP contribution in [0.5, 0.6) is 0 Å². The van der Waals surface area contributed by atoms with E-state index in [-0.39, 0.29) is 6.10 Å². The van der Waals surface area contributed by atoms with E-state index in [2.05, 4.69) is 55.5 Å². The van der Waals surface area contributed by atoms with E-state index in [0.29, 0.717) is 5.92 Å². The zero-order valence-electron chi connectivity index (χ0n) is 12.0. The summed E-state index contributed by atoms with van der Waals surface area (Å²) in [4.78, 5) is 0. The van der Waals surface area contributed by atoms with Gasteiger partial charge in [-0.25, -0.2) is 0 Å². The lowest BCUT2D eigenvalue weighted by Crippen LogP contribution is -2.09. The molecule has 20 heavy (non-hydrogen) atoms. The van der Waals surface area contributed by atoms with Gasteiger partial charge in [0.25, 0.3) is 0 Å². The Hall–Kier alpha value is -1.60. The molecule has 0 heterocycles. The summed E-state index contributed by atoms with van der Waals surface area (Å²) in [6, 6.07) is 18.8. The van der Waals surface area contributed by atoms with E-state index < -0.39 is 0 Å². The van der Waals surface area contributed by atoms with Gasteiger partial charge in [0.2, 0.25) is 0 Å². The highest BCUT2D eigenvalue weighted by molar-refractivity contribution is 5.63. The molecule has 1 nitrogen and oxygen atoms in total. The van der Waals surface area contributed by atoms with Crippen molar-refractivity contribution in [1.82, 2.24) is 0 Å². The quantitative estimate of drug-likeness (QED) is 0.844. The van der Waals surface area contributed by atoms with Gasteiger partial charge in [0.05, 0.1) is 6.10 Å². The number of benzene rings is 2. The molecule has 2 aromatic rings. The molecule has 1 saturated carbocycles. The van der Waals surface area contributed by atoms with Crippen LogP contribution in [-0.4, -0.2) is 5.11 Å². The van der Waals surface area contributed by atoms with Crippen LogP contribution in [0.1, 0.15) is 37.9 Å². The second-order valence-corrected chi connectivity index (χ2v) is 6.11. The number of hydrogen-bond acceptors (Lipinski definition) is 1. The van der Waals surface area contributed by atoms with Gasteiger partial charge in [-0.1, -0.05) is 67.9 Å². The first-order valence-corrected chi connectivity index (χ1v) is 7.57. The Bertz CT molecular complexity index is 544. The highest BCUT2D eigenvalue weighted by Crippen LogP contribution is 2.39. The fourth-order valence-corrected chi connectivity index (χ4v) is 3.31. The van der Waals surface area contributed by atoms with Gasteiger partial charge in [0, 0.05) is 0 Å². The third-order valence-corrected chi connectivity index (χ3v) is 4.54. The van der Waals surface area contributed by atoms with Crippen LogP contribution in [0.4, 0.5) is 0 Å². The highest BCUT2D eigenvalue weighted by atomic mass is 16.3. The van der Waals surface area contributed by atoms with Crippen molar-refractivity contribution in [3.05, 3.63) is 60.2 Å². The van der Waals surface area contributed by atoms with E-state index in [4.69, 9.17) is 0 Å². The SMILES string of the molecule is CC1CCC(C(O)c2ccc(-c3ccccc3)cc2)C1. The largest absolute Gasteiger partial charge is 0.388 e. The number of hydrogen-bond donors (Lipinski definition) is 1. The Morgan fingerprint density at radius 3 is 2.15 bits per heavy atom. The van der Waals surface area contributed by atoms with E-state index in [1.807, 2.05) is 6.07 Å². The van der Waals surface area contributed by atoms with Crippen LogP contribution in [0.2, 0.25) is 0 Å². The summed E-state index contributed by atoms with van der Waals surface area (Å²) in [6.07, 6.45) is 3.26. The molecule has 0 bridgehead atoms. The molecule has 1 aliphatic carbocycles. The van der Waals surface area contributed by atoms with Gasteiger partial charge in [0.15, 0.2) is 0 Å². The van der Waals surface area contributed by atoms with Crippen molar-refractivity contribution >= 4 is 0 Å². The minimum Gasteiger partial charge on any atom is -0.388 e.